The number of aromatic nitrogens is 1. The Kier molecular flexibility index (Phi) is 3.99. The third-order valence-electron chi connectivity index (χ3n) is 1.50. The highest BCUT2D eigenvalue weighted by atomic mass is 32.2. The minimum absolute atomic E-state index is 0.0443. The van der Waals surface area contributed by atoms with Gasteiger partial charge in [0.15, 0.2) is 0 Å². The Morgan fingerprint density at radius 1 is 1.64 bits per heavy atom. The normalized spacial score (nSPS) is 11.9. The predicted molar refractivity (Wildman–Crippen MR) is 56.5 cm³/mol. The maximum atomic E-state index is 11.2. The Morgan fingerprint density at radius 2 is 2.36 bits per heavy atom. The number of rotatable bonds is 5. The number of hydrogen-bond donors (Lipinski definition) is 2. The molecular formula is C7H13N3O2S2. The number of hydrogen-bond acceptors (Lipinski definition) is 5. The smallest absolute Gasteiger partial charge is 0.213 e. The van der Waals surface area contributed by atoms with Gasteiger partial charge in [-0.15, -0.1) is 11.3 Å². The van der Waals surface area contributed by atoms with E-state index in [4.69, 9.17) is 5.73 Å². The highest BCUT2D eigenvalue weighted by Gasteiger charge is 2.09. The number of sulfonamides is 1. The van der Waals surface area contributed by atoms with Gasteiger partial charge in [0, 0.05) is 17.6 Å². The summed E-state index contributed by atoms with van der Waals surface area (Å²) in [5.74, 6) is -0.0443. The summed E-state index contributed by atoms with van der Waals surface area (Å²) in [7, 11) is -3.23. The molecule has 0 saturated heterocycles. The van der Waals surface area contributed by atoms with E-state index >= 15 is 0 Å². The monoisotopic (exact) mass is 235 g/mol. The molecule has 0 aliphatic carbocycles. The number of thiazole rings is 1. The average molecular weight is 235 g/mol. The molecule has 1 aromatic heterocycles. The van der Waals surface area contributed by atoms with Crippen molar-refractivity contribution in [1.82, 2.24) is 9.71 Å². The molecule has 7 heteroatoms. The summed E-state index contributed by atoms with van der Waals surface area (Å²) in [4.78, 5) is 4.13. The molecule has 0 amide bonds. The molecule has 0 bridgehead atoms. The molecule has 0 fully saturated rings. The first-order valence-electron chi connectivity index (χ1n) is 4.12. The maximum Gasteiger partial charge on any atom is 0.213 e. The molecule has 0 radical (unpaired) electrons. The highest BCUT2D eigenvalue weighted by Crippen LogP contribution is 2.08. The van der Waals surface area contributed by atoms with E-state index in [1.165, 1.54) is 11.3 Å². The first-order valence-corrected chi connectivity index (χ1v) is 6.65. The summed E-state index contributed by atoms with van der Waals surface area (Å²) < 4.78 is 24.8. The molecular weight excluding hydrogens is 222 g/mol. The van der Waals surface area contributed by atoms with Crippen molar-refractivity contribution in [3.63, 3.8) is 0 Å². The van der Waals surface area contributed by atoms with Gasteiger partial charge in [-0.05, 0) is 6.92 Å². The molecule has 80 valence electrons. The van der Waals surface area contributed by atoms with Crippen molar-refractivity contribution in [2.45, 2.75) is 13.5 Å². The molecule has 0 aliphatic heterocycles. The summed E-state index contributed by atoms with van der Waals surface area (Å²) in [6.07, 6.45) is 0. The lowest BCUT2D eigenvalue weighted by Gasteiger charge is -2.02. The van der Waals surface area contributed by atoms with Gasteiger partial charge in [0.25, 0.3) is 0 Å². The van der Waals surface area contributed by atoms with E-state index in [9.17, 15) is 8.42 Å². The molecule has 14 heavy (non-hydrogen) atoms. The van der Waals surface area contributed by atoms with E-state index in [1.807, 2.05) is 12.3 Å². The Morgan fingerprint density at radius 3 is 2.86 bits per heavy atom. The van der Waals surface area contributed by atoms with Gasteiger partial charge < -0.3 is 5.73 Å². The molecule has 1 heterocycles. The Hall–Kier alpha value is -0.500. The minimum Gasteiger partial charge on any atom is -0.329 e. The van der Waals surface area contributed by atoms with Crippen LogP contribution in [0.25, 0.3) is 0 Å². The van der Waals surface area contributed by atoms with Crippen molar-refractivity contribution in [3.8, 4) is 0 Å². The van der Waals surface area contributed by atoms with Crippen molar-refractivity contribution in [3.05, 3.63) is 16.1 Å². The third-order valence-corrected chi connectivity index (χ3v) is 3.82. The van der Waals surface area contributed by atoms with E-state index in [0.29, 0.717) is 0 Å². The fourth-order valence-corrected chi connectivity index (χ4v) is 2.50. The van der Waals surface area contributed by atoms with Crippen LogP contribution in [0, 0.1) is 6.92 Å². The average Bonchev–Trinajstić information content (AvgIpc) is 2.48. The van der Waals surface area contributed by atoms with Crippen LogP contribution in [-0.4, -0.2) is 25.7 Å². The summed E-state index contributed by atoms with van der Waals surface area (Å²) >= 11 is 1.44. The van der Waals surface area contributed by atoms with Crippen LogP contribution in [-0.2, 0) is 16.6 Å². The fourth-order valence-electron chi connectivity index (χ4n) is 0.883. The second kappa shape index (κ2) is 4.83. The zero-order chi connectivity index (χ0) is 10.6. The third kappa shape index (κ3) is 3.70. The van der Waals surface area contributed by atoms with Crippen molar-refractivity contribution in [2.24, 2.45) is 5.73 Å². The van der Waals surface area contributed by atoms with E-state index in [1.54, 1.807) is 0 Å². The number of nitrogens with two attached hydrogens (primary N) is 1. The molecule has 1 aromatic rings. The van der Waals surface area contributed by atoms with E-state index < -0.39 is 10.0 Å². The van der Waals surface area contributed by atoms with Crippen LogP contribution in [0.1, 0.15) is 10.7 Å². The summed E-state index contributed by atoms with van der Waals surface area (Å²) in [5, 5.41) is 2.65. The first kappa shape index (κ1) is 11.6. The van der Waals surface area contributed by atoms with Gasteiger partial charge in [-0.25, -0.2) is 18.1 Å². The van der Waals surface area contributed by atoms with Gasteiger partial charge >= 0.3 is 0 Å². The molecule has 1 rings (SSSR count). The van der Waals surface area contributed by atoms with Crippen LogP contribution >= 0.6 is 11.3 Å². The minimum atomic E-state index is -3.23. The quantitative estimate of drug-likeness (QED) is 0.742. The standard InChI is InChI=1S/C7H13N3O2S2/c1-6-5-13-7(10-6)4-9-14(11,12)3-2-8/h5,9H,2-4,8H2,1H3. The molecule has 0 atom stereocenters. The van der Waals surface area contributed by atoms with Crippen LogP contribution in [0.15, 0.2) is 5.38 Å². The first-order chi connectivity index (χ1) is 6.53. The van der Waals surface area contributed by atoms with Crippen LogP contribution in [0.4, 0.5) is 0 Å². The lowest BCUT2D eigenvalue weighted by molar-refractivity contribution is 0.581. The van der Waals surface area contributed by atoms with Crippen molar-refractivity contribution in [1.29, 1.82) is 0 Å². The van der Waals surface area contributed by atoms with Crippen LogP contribution in [0.5, 0.6) is 0 Å². The lowest BCUT2D eigenvalue weighted by Crippen LogP contribution is -2.29. The second-order valence-corrected chi connectivity index (χ2v) is 5.68. The fraction of sp³-hybridized carbons (Fsp3) is 0.571. The van der Waals surface area contributed by atoms with Crippen LogP contribution < -0.4 is 10.5 Å². The van der Waals surface area contributed by atoms with Gasteiger partial charge in [0.2, 0.25) is 10.0 Å². The molecule has 0 saturated carbocycles. The number of nitrogens with one attached hydrogen (secondary N) is 1. The van der Waals surface area contributed by atoms with E-state index in [0.717, 1.165) is 10.7 Å². The van der Waals surface area contributed by atoms with Gasteiger partial charge in [-0.3, -0.25) is 0 Å². The molecule has 0 unspecified atom stereocenters. The van der Waals surface area contributed by atoms with Crippen LogP contribution in [0.3, 0.4) is 0 Å². The highest BCUT2D eigenvalue weighted by molar-refractivity contribution is 7.89. The van der Waals surface area contributed by atoms with Crippen LogP contribution in [0.2, 0.25) is 0 Å². The maximum absolute atomic E-state index is 11.2. The molecule has 0 aliphatic rings. The Bertz CT molecular complexity index is 385. The topological polar surface area (TPSA) is 85.1 Å². The SMILES string of the molecule is Cc1csc(CNS(=O)(=O)CCN)n1. The number of aryl methyl sites for hydroxylation is 1. The molecule has 3 N–H and O–H groups in total. The summed E-state index contributed by atoms with van der Waals surface area (Å²) in [6, 6.07) is 0. The summed E-state index contributed by atoms with van der Waals surface area (Å²) in [6.45, 7) is 2.25. The van der Waals surface area contributed by atoms with Gasteiger partial charge in [-0.2, -0.15) is 0 Å². The molecule has 0 aromatic carbocycles. The second-order valence-electron chi connectivity index (χ2n) is 2.81. The Balaban J connectivity index is 2.48. The van der Waals surface area contributed by atoms with Gasteiger partial charge in [0.1, 0.15) is 5.01 Å². The lowest BCUT2D eigenvalue weighted by atomic mass is 10.6. The van der Waals surface area contributed by atoms with Crippen molar-refractivity contribution in [2.75, 3.05) is 12.3 Å². The molecule has 0 spiro atoms. The summed E-state index contributed by atoms with van der Waals surface area (Å²) in [5.41, 5.74) is 6.06. The van der Waals surface area contributed by atoms with Gasteiger partial charge in [0.05, 0.1) is 12.3 Å². The Labute approximate surface area is 87.4 Å². The van der Waals surface area contributed by atoms with E-state index in [-0.39, 0.29) is 18.8 Å². The van der Waals surface area contributed by atoms with Crippen molar-refractivity contribution >= 4 is 21.4 Å². The van der Waals surface area contributed by atoms with Gasteiger partial charge in [-0.1, -0.05) is 0 Å². The zero-order valence-corrected chi connectivity index (χ0v) is 9.49. The zero-order valence-electron chi connectivity index (χ0n) is 7.86. The van der Waals surface area contributed by atoms with E-state index in [2.05, 4.69) is 9.71 Å². The largest absolute Gasteiger partial charge is 0.329 e. The predicted octanol–water partition coefficient (Wildman–Crippen LogP) is -0.170. The molecule has 5 nitrogen and oxygen atoms in total. The number of nitrogens with zero attached hydrogens (tertiary/aromatic N) is 1. The van der Waals surface area contributed by atoms with Crippen molar-refractivity contribution < 1.29 is 8.42 Å².